The normalized spacial score (nSPS) is 11.3. The molecule has 0 atom stereocenters. The predicted octanol–water partition coefficient (Wildman–Crippen LogP) is 1.15. The van der Waals surface area contributed by atoms with Gasteiger partial charge in [-0.1, -0.05) is 19.4 Å². The highest BCUT2D eigenvalue weighted by Gasteiger charge is 2.12. The van der Waals surface area contributed by atoms with Gasteiger partial charge in [-0.05, 0) is 18.1 Å². The minimum absolute atomic E-state index is 0.0911. The zero-order chi connectivity index (χ0) is 15.7. The maximum Gasteiger partial charge on any atom is 0.219 e. The Morgan fingerprint density at radius 1 is 1.43 bits per heavy atom. The Labute approximate surface area is 126 Å². The highest BCUT2D eigenvalue weighted by atomic mass is 32.2. The number of sulfonamides is 1. The van der Waals surface area contributed by atoms with Crippen LogP contribution in [0.15, 0.2) is 24.5 Å². The van der Waals surface area contributed by atoms with Crippen molar-refractivity contribution < 1.29 is 13.2 Å². The number of amides is 1. The molecule has 1 aromatic rings. The van der Waals surface area contributed by atoms with Gasteiger partial charge in [0.15, 0.2) is 0 Å². The summed E-state index contributed by atoms with van der Waals surface area (Å²) in [6, 6.07) is 3.69. The Hall–Kier alpha value is -1.47. The number of hydrogen-bond donors (Lipinski definition) is 1. The first-order chi connectivity index (χ1) is 9.94. The molecule has 118 valence electrons. The molecule has 0 bridgehead atoms. The number of nitrogens with one attached hydrogen (secondary N) is 1. The second-order valence-corrected chi connectivity index (χ2v) is 6.80. The fourth-order valence-corrected chi connectivity index (χ4v) is 3.02. The Morgan fingerprint density at radius 2 is 2.19 bits per heavy atom. The van der Waals surface area contributed by atoms with E-state index >= 15 is 0 Å². The summed E-state index contributed by atoms with van der Waals surface area (Å²) in [5.74, 6) is 0.0400. The molecule has 0 aliphatic rings. The fraction of sp³-hybridized carbons (Fsp3) is 0.571. The van der Waals surface area contributed by atoms with Gasteiger partial charge in [-0.25, -0.2) is 13.1 Å². The lowest BCUT2D eigenvalue weighted by Gasteiger charge is -2.21. The van der Waals surface area contributed by atoms with E-state index in [1.807, 2.05) is 13.0 Å². The molecule has 0 spiro atoms. The average Bonchev–Trinajstić information content (AvgIpc) is 2.45. The van der Waals surface area contributed by atoms with Crippen molar-refractivity contribution in [3.8, 4) is 0 Å². The van der Waals surface area contributed by atoms with Crippen LogP contribution in [0.5, 0.6) is 0 Å². The molecule has 0 saturated carbocycles. The Bertz CT molecular complexity index is 532. The van der Waals surface area contributed by atoms with Crippen molar-refractivity contribution >= 4 is 15.9 Å². The molecular formula is C14H23N3O3S. The standard InChI is InChI=1S/C14H23N3O3S/c1-3-4-10-21(19,20)16-8-9-17(13(2)18)12-14-6-5-7-15-11-14/h5-7,11,16H,3-4,8-10,12H2,1-2H3. The summed E-state index contributed by atoms with van der Waals surface area (Å²) in [5, 5.41) is 0. The van der Waals surface area contributed by atoms with E-state index in [4.69, 9.17) is 0 Å². The first kappa shape index (κ1) is 17.6. The van der Waals surface area contributed by atoms with Crippen molar-refractivity contribution in [2.45, 2.75) is 33.2 Å². The van der Waals surface area contributed by atoms with Crippen LogP contribution in [0.4, 0.5) is 0 Å². The molecule has 0 radical (unpaired) electrons. The molecule has 0 saturated heterocycles. The number of rotatable bonds is 9. The molecule has 0 fully saturated rings. The number of nitrogens with zero attached hydrogens (tertiary/aromatic N) is 2. The van der Waals surface area contributed by atoms with E-state index in [0.29, 0.717) is 19.5 Å². The number of unbranched alkanes of at least 4 members (excludes halogenated alkanes) is 1. The molecule has 0 aliphatic carbocycles. The van der Waals surface area contributed by atoms with Gasteiger partial charge in [-0.2, -0.15) is 0 Å². The quantitative estimate of drug-likeness (QED) is 0.741. The predicted molar refractivity (Wildman–Crippen MR) is 82.0 cm³/mol. The molecule has 1 aromatic heterocycles. The minimum Gasteiger partial charge on any atom is -0.337 e. The fourth-order valence-electron chi connectivity index (χ4n) is 1.80. The summed E-state index contributed by atoms with van der Waals surface area (Å²) in [6.07, 6.45) is 4.84. The van der Waals surface area contributed by atoms with Crippen molar-refractivity contribution in [3.05, 3.63) is 30.1 Å². The van der Waals surface area contributed by atoms with Gasteiger partial charge >= 0.3 is 0 Å². The Morgan fingerprint density at radius 3 is 2.76 bits per heavy atom. The number of carbonyl (C=O) groups is 1. The third kappa shape index (κ3) is 7.19. The zero-order valence-corrected chi connectivity index (χ0v) is 13.4. The van der Waals surface area contributed by atoms with E-state index in [0.717, 1.165) is 12.0 Å². The number of aromatic nitrogens is 1. The molecular weight excluding hydrogens is 290 g/mol. The van der Waals surface area contributed by atoms with Gasteiger partial charge in [0, 0.05) is 39.0 Å². The summed E-state index contributed by atoms with van der Waals surface area (Å²) in [6.45, 7) is 4.42. The molecule has 0 unspecified atom stereocenters. The second-order valence-electron chi connectivity index (χ2n) is 4.87. The van der Waals surface area contributed by atoms with Crippen LogP contribution < -0.4 is 4.72 Å². The van der Waals surface area contributed by atoms with Gasteiger partial charge in [0.2, 0.25) is 15.9 Å². The SMILES string of the molecule is CCCCS(=O)(=O)NCCN(Cc1cccnc1)C(C)=O. The first-order valence-electron chi connectivity index (χ1n) is 7.06. The topological polar surface area (TPSA) is 79.4 Å². The van der Waals surface area contributed by atoms with Crippen LogP contribution in [0.3, 0.4) is 0 Å². The highest BCUT2D eigenvalue weighted by Crippen LogP contribution is 2.03. The summed E-state index contributed by atoms with van der Waals surface area (Å²) < 4.78 is 25.9. The summed E-state index contributed by atoms with van der Waals surface area (Å²) in [5.41, 5.74) is 0.918. The highest BCUT2D eigenvalue weighted by molar-refractivity contribution is 7.89. The lowest BCUT2D eigenvalue weighted by molar-refractivity contribution is -0.129. The lowest BCUT2D eigenvalue weighted by Crippen LogP contribution is -2.37. The maximum absolute atomic E-state index is 11.7. The maximum atomic E-state index is 11.7. The van der Waals surface area contributed by atoms with Crippen LogP contribution >= 0.6 is 0 Å². The molecule has 1 amide bonds. The lowest BCUT2D eigenvalue weighted by atomic mass is 10.2. The van der Waals surface area contributed by atoms with Crippen molar-refractivity contribution in [2.75, 3.05) is 18.8 Å². The summed E-state index contributed by atoms with van der Waals surface area (Å²) in [4.78, 5) is 17.2. The third-order valence-corrected chi connectivity index (χ3v) is 4.48. The van der Waals surface area contributed by atoms with Crippen molar-refractivity contribution in [3.63, 3.8) is 0 Å². The van der Waals surface area contributed by atoms with Crippen molar-refractivity contribution in [1.82, 2.24) is 14.6 Å². The Kier molecular flexibility index (Phi) is 7.31. The summed E-state index contributed by atoms with van der Waals surface area (Å²) >= 11 is 0. The van der Waals surface area contributed by atoms with E-state index in [9.17, 15) is 13.2 Å². The number of carbonyl (C=O) groups excluding carboxylic acids is 1. The molecule has 1 heterocycles. The molecule has 6 nitrogen and oxygen atoms in total. The van der Waals surface area contributed by atoms with Gasteiger partial charge in [0.05, 0.1) is 5.75 Å². The van der Waals surface area contributed by atoms with Crippen molar-refractivity contribution in [2.24, 2.45) is 0 Å². The van der Waals surface area contributed by atoms with Gasteiger partial charge in [0.25, 0.3) is 0 Å². The van der Waals surface area contributed by atoms with E-state index in [1.165, 1.54) is 6.92 Å². The van der Waals surface area contributed by atoms with Crippen LogP contribution in [-0.2, 0) is 21.4 Å². The number of pyridine rings is 1. The molecule has 7 heteroatoms. The average molecular weight is 313 g/mol. The molecule has 0 aromatic carbocycles. The van der Waals surface area contributed by atoms with Crippen molar-refractivity contribution in [1.29, 1.82) is 0 Å². The van der Waals surface area contributed by atoms with Crippen LogP contribution in [0.25, 0.3) is 0 Å². The van der Waals surface area contributed by atoms with Crippen LogP contribution in [-0.4, -0.2) is 43.1 Å². The van der Waals surface area contributed by atoms with E-state index in [1.54, 1.807) is 23.4 Å². The molecule has 1 N–H and O–H groups in total. The molecule has 0 aliphatic heterocycles. The zero-order valence-electron chi connectivity index (χ0n) is 12.6. The van der Waals surface area contributed by atoms with Gasteiger partial charge in [-0.15, -0.1) is 0 Å². The van der Waals surface area contributed by atoms with Crippen LogP contribution in [0, 0.1) is 0 Å². The Balaban J connectivity index is 2.47. The first-order valence-corrected chi connectivity index (χ1v) is 8.71. The van der Waals surface area contributed by atoms with E-state index < -0.39 is 10.0 Å². The number of hydrogen-bond acceptors (Lipinski definition) is 4. The minimum atomic E-state index is -3.24. The second kappa shape index (κ2) is 8.74. The van der Waals surface area contributed by atoms with Crippen LogP contribution in [0.1, 0.15) is 32.3 Å². The third-order valence-electron chi connectivity index (χ3n) is 3.01. The summed E-state index contributed by atoms with van der Waals surface area (Å²) in [7, 11) is -3.24. The van der Waals surface area contributed by atoms with Gasteiger partial charge in [-0.3, -0.25) is 9.78 Å². The monoisotopic (exact) mass is 313 g/mol. The molecule has 21 heavy (non-hydrogen) atoms. The van der Waals surface area contributed by atoms with Crippen LogP contribution in [0.2, 0.25) is 0 Å². The van der Waals surface area contributed by atoms with Gasteiger partial charge in [0.1, 0.15) is 0 Å². The molecule has 1 rings (SSSR count). The van der Waals surface area contributed by atoms with E-state index in [2.05, 4.69) is 9.71 Å². The smallest absolute Gasteiger partial charge is 0.219 e. The largest absolute Gasteiger partial charge is 0.337 e. The van der Waals surface area contributed by atoms with E-state index in [-0.39, 0.29) is 18.2 Å². The van der Waals surface area contributed by atoms with Gasteiger partial charge < -0.3 is 4.90 Å².